The molecule has 1 N–H and O–H groups in total. The van der Waals surface area contributed by atoms with Crippen molar-refractivity contribution in [3.63, 3.8) is 0 Å². The Morgan fingerprint density at radius 3 is 2.50 bits per heavy atom. The smallest absolute Gasteiger partial charge is 0.379 e. The number of nitro groups is 1. The van der Waals surface area contributed by atoms with Gasteiger partial charge in [-0.15, -0.1) is 0 Å². The number of aliphatic carboxylic acids is 1. The zero-order valence-corrected chi connectivity index (χ0v) is 7.02. The van der Waals surface area contributed by atoms with Crippen LogP contribution in [0, 0.1) is 10.1 Å². The molecule has 5 heteroatoms. The van der Waals surface area contributed by atoms with E-state index in [1.807, 2.05) is 6.92 Å². The Labute approximate surface area is 70.5 Å². The highest BCUT2D eigenvalue weighted by Gasteiger charge is 2.27. The summed E-state index contributed by atoms with van der Waals surface area (Å²) in [6.07, 6.45) is 2.52. The van der Waals surface area contributed by atoms with E-state index in [1.54, 1.807) is 0 Å². The van der Waals surface area contributed by atoms with E-state index in [0.717, 1.165) is 12.8 Å². The molecule has 5 nitrogen and oxygen atoms in total. The fourth-order valence-corrected chi connectivity index (χ4v) is 0.907. The number of unbranched alkanes of at least 4 members (excludes halogenated alkanes) is 2. The van der Waals surface area contributed by atoms with E-state index in [0.29, 0.717) is 6.42 Å². The van der Waals surface area contributed by atoms with Crippen molar-refractivity contribution in [2.24, 2.45) is 0 Å². The molecule has 0 amide bonds. The van der Waals surface area contributed by atoms with E-state index < -0.39 is 16.9 Å². The van der Waals surface area contributed by atoms with Crippen molar-refractivity contribution in [1.29, 1.82) is 0 Å². The van der Waals surface area contributed by atoms with Crippen molar-refractivity contribution >= 4 is 5.97 Å². The van der Waals surface area contributed by atoms with E-state index in [4.69, 9.17) is 5.11 Å². The number of hydrogen-bond donors (Lipinski definition) is 1. The summed E-state index contributed by atoms with van der Waals surface area (Å²) in [7, 11) is 0. The quantitative estimate of drug-likeness (QED) is 0.374. The highest BCUT2D eigenvalue weighted by molar-refractivity contribution is 5.71. The molecule has 0 heterocycles. The zero-order chi connectivity index (χ0) is 9.56. The van der Waals surface area contributed by atoms with Gasteiger partial charge in [0.1, 0.15) is 0 Å². The second-order valence-corrected chi connectivity index (χ2v) is 2.64. The van der Waals surface area contributed by atoms with Gasteiger partial charge in [0.2, 0.25) is 0 Å². The van der Waals surface area contributed by atoms with Gasteiger partial charge in [-0.25, -0.2) is 4.79 Å². The molecule has 0 spiro atoms. The lowest BCUT2D eigenvalue weighted by molar-refractivity contribution is -0.511. The molecule has 0 aromatic heterocycles. The van der Waals surface area contributed by atoms with E-state index in [-0.39, 0.29) is 6.42 Å². The monoisotopic (exact) mass is 175 g/mol. The summed E-state index contributed by atoms with van der Waals surface area (Å²) in [5.41, 5.74) is 0. The summed E-state index contributed by atoms with van der Waals surface area (Å²) in [4.78, 5) is 19.7. The molecule has 0 aliphatic carbocycles. The molecule has 70 valence electrons. The second-order valence-electron chi connectivity index (χ2n) is 2.64. The van der Waals surface area contributed by atoms with Crippen molar-refractivity contribution in [2.75, 3.05) is 0 Å². The van der Waals surface area contributed by atoms with Gasteiger partial charge in [0.05, 0.1) is 0 Å². The minimum Gasteiger partial charge on any atom is -0.476 e. The third-order valence-corrected chi connectivity index (χ3v) is 1.62. The predicted octanol–water partition coefficient (Wildman–Crippen LogP) is 1.30. The Bertz CT molecular complexity index is 155. The Kier molecular flexibility index (Phi) is 4.99. The lowest BCUT2D eigenvalue weighted by Gasteiger charge is -2.02. The maximum Gasteiger partial charge on any atom is 0.379 e. The molecule has 0 aliphatic rings. The van der Waals surface area contributed by atoms with Gasteiger partial charge >= 0.3 is 12.0 Å². The summed E-state index contributed by atoms with van der Waals surface area (Å²) < 4.78 is 0. The Hall–Kier alpha value is -1.13. The first kappa shape index (κ1) is 10.9. The van der Waals surface area contributed by atoms with Crippen LogP contribution in [-0.4, -0.2) is 22.0 Å². The van der Waals surface area contributed by atoms with Crippen molar-refractivity contribution in [3.05, 3.63) is 10.1 Å². The number of nitrogens with zero attached hydrogens (tertiary/aromatic N) is 1. The highest BCUT2D eigenvalue weighted by Crippen LogP contribution is 2.05. The summed E-state index contributed by atoms with van der Waals surface area (Å²) in [6, 6.07) is -1.42. The minimum absolute atomic E-state index is 0.135. The fraction of sp³-hybridized carbons (Fsp3) is 0.857. The largest absolute Gasteiger partial charge is 0.476 e. The predicted molar refractivity (Wildman–Crippen MR) is 42.6 cm³/mol. The molecule has 1 unspecified atom stereocenters. The third-order valence-electron chi connectivity index (χ3n) is 1.62. The van der Waals surface area contributed by atoms with Crippen molar-refractivity contribution in [2.45, 2.75) is 38.6 Å². The van der Waals surface area contributed by atoms with Crippen LogP contribution in [0.5, 0.6) is 0 Å². The van der Waals surface area contributed by atoms with Crippen LogP contribution in [-0.2, 0) is 4.79 Å². The first-order valence-electron chi connectivity index (χ1n) is 3.96. The van der Waals surface area contributed by atoms with E-state index in [2.05, 4.69) is 0 Å². The maximum atomic E-state index is 10.3. The molecule has 12 heavy (non-hydrogen) atoms. The Balaban J connectivity index is 3.80. The fourth-order valence-electron chi connectivity index (χ4n) is 0.907. The molecule has 0 rings (SSSR count). The number of carboxylic acids is 1. The van der Waals surface area contributed by atoms with Gasteiger partial charge in [0.25, 0.3) is 0 Å². The van der Waals surface area contributed by atoms with Crippen LogP contribution < -0.4 is 0 Å². The van der Waals surface area contributed by atoms with Gasteiger partial charge in [0.15, 0.2) is 0 Å². The molecule has 0 aliphatic heterocycles. The van der Waals surface area contributed by atoms with Gasteiger partial charge in [-0.3, -0.25) is 10.1 Å². The van der Waals surface area contributed by atoms with Crippen LogP contribution in [0.1, 0.15) is 32.6 Å². The normalized spacial score (nSPS) is 12.4. The third kappa shape index (κ3) is 3.90. The van der Waals surface area contributed by atoms with Crippen molar-refractivity contribution in [1.82, 2.24) is 0 Å². The minimum atomic E-state index is -1.42. The lowest BCUT2D eigenvalue weighted by atomic mass is 10.1. The Morgan fingerprint density at radius 1 is 1.58 bits per heavy atom. The summed E-state index contributed by atoms with van der Waals surface area (Å²) in [5.74, 6) is -1.34. The molecule has 0 radical (unpaired) electrons. The standard InChI is InChI=1S/C7H13NO4/c1-2-3-4-5-6(7(9)10)8(11)12/h6H,2-5H2,1H3,(H,9,10). The van der Waals surface area contributed by atoms with Gasteiger partial charge in [-0.1, -0.05) is 19.8 Å². The summed E-state index contributed by atoms with van der Waals surface area (Å²) in [5, 5.41) is 18.6. The molecular weight excluding hydrogens is 162 g/mol. The molecule has 1 atom stereocenters. The molecular formula is C7H13NO4. The van der Waals surface area contributed by atoms with E-state index in [9.17, 15) is 14.9 Å². The average molecular weight is 175 g/mol. The molecule has 0 aromatic rings. The van der Waals surface area contributed by atoms with Gasteiger partial charge in [0, 0.05) is 11.3 Å². The van der Waals surface area contributed by atoms with Crippen LogP contribution >= 0.6 is 0 Å². The van der Waals surface area contributed by atoms with Crippen LogP contribution in [0.4, 0.5) is 0 Å². The number of rotatable bonds is 6. The van der Waals surface area contributed by atoms with E-state index in [1.165, 1.54) is 0 Å². The van der Waals surface area contributed by atoms with Crippen LogP contribution in [0.15, 0.2) is 0 Å². The van der Waals surface area contributed by atoms with Crippen LogP contribution in [0.25, 0.3) is 0 Å². The molecule has 0 saturated carbocycles. The topological polar surface area (TPSA) is 80.4 Å². The SMILES string of the molecule is CCCCCC(C(=O)O)[N+](=O)[O-]. The number of carboxylic acid groups (broad SMARTS) is 1. The first-order chi connectivity index (χ1) is 5.59. The van der Waals surface area contributed by atoms with Gasteiger partial charge in [-0.05, 0) is 6.42 Å². The number of carbonyl (C=O) groups is 1. The number of hydrogen-bond acceptors (Lipinski definition) is 3. The summed E-state index contributed by atoms with van der Waals surface area (Å²) >= 11 is 0. The molecule has 0 aromatic carbocycles. The van der Waals surface area contributed by atoms with E-state index >= 15 is 0 Å². The van der Waals surface area contributed by atoms with Crippen LogP contribution in [0.2, 0.25) is 0 Å². The maximum absolute atomic E-state index is 10.3. The highest BCUT2D eigenvalue weighted by atomic mass is 16.6. The molecule has 0 fully saturated rings. The van der Waals surface area contributed by atoms with Gasteiger partial charge in [-0.2, -0.15) is 0 Å². The zero-order valence-electron chi connectivity index (χ0n) is 7.02. The van der Waals surface area contributed by atoms with Gasteiger partial charge < -0.3 is 5.11 Å². The van der Waals surface area contributed by atoms with Crippen LogP contribution in [0.3, 0.4) is 0 Å². The molecule has 0 bridgehead atoms. The summed E-state index contributed by atoms with van der Waals surface area (Å²) in [6.45, 7) is 1.96. The van der Waals surface area contributed by atoms with Crippen molar-refractivity contribution < 1.29 is 14.8 Å². The molecule has 0 saturated heterocycles. The Morgan fingerprint density at radius 2 is 2.17 bits per heavy atom. The second kappa shape index (κ2) is 5.51. The lowest BCUT2D eigenvalue weighted by Crippen LogP contribution is -2.28. The van der Waals surface area contributed by atoms with Crippen molar-refractivity contribution in [3.8, 4) is 0 Å². The average Bonchev–Trinajstić information content (AvgIpc) is 1.96. The first-order valence-corrected chi connectivity index (χ1v) is 3.96.